The van der Waals surface area contributed by atoms with Crippen LogP contribution in [0.5, 0.6) is 0 Å². The molecule has 4 nitrogen and oxygen atoms in total. The molecule has 0 saturated heterocycles. The largest absolute Gasteiger partial charge is 0.478 e. The van der Waals surface area contributed by atoms with E-state index < -0.39 is 5.97 Å². The van der Waals surface area contributed by atoms with Gasteiger partial charge in [0, 0.05) is 12.0 Å². The molecular formula is C17H20O4. The van der Waals surface area contributed by atoms with Crippen LogP contribution in [0.1, 0.15) is 37.7 Å². The van der Waals surface area contributed by atoms with Gasteiger partial charge in [0.05, 0.1) is 12.5 Å². The monoisotopic (exact) mass is 288 g/mol. The molecule has 1 fully saturated rings. The molecule has 2 aliphatic rings. The molecule has 1 heterocycles. The number of carbonyl (C=O) groups excluding carboxylic acids is 1. The molecule has 0 amide bonds. The summed E-state index contributed by atoms with van der Waals surface area (Å²) in [6.07, 6.45) is 10.3. The van der Waals surface area contributed by atoms with Gasteiger partial charge in [0.2, 0.25) is 0 Å². The smallest absolute Gasteiger partial charge is 0.331 e. The summed E-state index contributed by atoms with van der Waals surface area (Å²) < 4.78 is 5.09. The predicted octanol–water partition coefficient (Wildman–Crippen LogP) is 3.23. The summed E-state index contributed by atoms with van der Waals surface area (Å²) in [7, 11) is 0. The van der Waals surface area contributed by atoms with Crippen molar-refractivity contribution in [1.82, 2.24) is 0 Å². The normalized spacial score (nSPS) is 28.9. The van der Waals surface area contributed by atoms with E-state index >= 15 is 0 Å². The maximum absolute atomic E-state index is 11.9. The highest BCUT2D eigenvalue weighted by Crippen LogP contribution is 2.45. The molecule has 3 atom stereocenters. The van der Waals surface area contributed by atoms with Gasteiger partial charge in [0.15, 0.2) is 5.78 Å². The van der Waals surface area contributed by atoms with Crippen molar-refractivity contribution < 1.29 is 19.1 Å². The average Bonchev–Trinajstić information content (AvgIpc) is 2.97. The second kappa shape index (κ2) is 5.88. The van der Waals surface area contributed by atoms with Gasteiger partial charge in [0.1, 0.15) is 0 Å². The van der Waals surface area contributed by atoms with Crippen LogP contribution in [0.25, 0.3) is 0 Å². The number of carboxylic acids is 1. The quantitative estimate of drug-likeness (QED) is 0.923. The minimum atomic E-state index is -0.923. The molecule has 0 radical (unpaired) electrons. The van der Waals surface area contributed by atoms with Gasteiger partial charge in [0.25, 0.3) is 0 Å². The van der Waals surface area contributed by atoms with Crippen molar-refractivity contribution in [2.45, 2.75) is 38.5 Å². The minimum absolute atomic E-state index is 0.0242. The van der Waals surface area contributed by atoms with Crippen LogP contribution >= 0.6 is 0 Å². The highest BCUT2D eigenvalue weighted by Gasteiger charge is 2.40. The standard InChI is InChI=1S/C17H20O4/c18-13-8-15-12(5-4-11-6-7-21-10-11)2-1-3-14(15)16(9-13)17(19)20/h6-7,9-10,12,14-15H,1-5,8H2,(H,19,20)/t12-,14?,15-/m1/s1. The number of hydrogen-bond acceptors (Lipinski definition) is 3. The number of ketones is 1. The van der Waals surface area contributed by atoms with Crippen molar-refractivity contribution in [1.29, 1.82) is 0 Å². The van der Waals surface area contributed by atoms with Crippen LogP contribution in [-0.4, -0.2) is 16.9 Å². The molecule has 1 aromatic heterocycles. The lowest BCUT2D eigenvalue weighted by atomic mass is 9.63. The third-order valence-electron chi connectivity index (χ3n) is 5.00. The topological polar surface area (TPSA) is 67.5 Å². The zero-order valence-corrected chi connectivity index (χ0v) is 12.0. The second-order valence-electron chi connectivity index (χ2n) is 6.21. The number of carboxylic acid groups (broad SMARTS) is 1. The lowest BCUT2D eigenvalue weighted by Gasteiger charge is -2.40. The SMILES string of the molecule is O=C1C=C(C(=O)O)C2CCC[C@H](CCc3ccoc3)[C@H]2C1. The highest BCUT2D eigenvalue weighted by molar-refractivity contribution is 6.00. The van der Waals surface area contributed by atoms with Crippen LogP contribution in [0.2, 0.25) is 0 Å². The van der Waals surface area contributed by atoms with Gasteiger partial charge in [-0.1, -0.05) is 12.8 Å². The summed E-state index contributed by atoms with van der Waals surface area (Å²) >= 11 is 0. The van der Waals surface area contributed by atoms with E-state index in [1.807, 2.05) is 6.07 Å². The molecular weight excluding hydrogens is 268 g/mol. The fourth-order valence-corrected chi connectivity index (χ4v) is 3.99. The number of carbonyl (C=O) groups is 2. The van der Waals surface area contributed by atoms with Crippen molar-refractivity contribution in [2.75, 3.05) is 0 Å². The number of fused-ring (bicyclic) bond motifs is 1. The summed E-state index contributed by atoms with van der Waals surface area (Å²) in [5.41, 5.74) is 1.51. The number of aryl methyl sites for hydroxylation is 1. The zero-order chi connectivity index (χ0) is 14.8. The first-order valence-electron chi connectivity index (χ1n) is 7.64. The Morgan fingerprint density at radius 3 is 2.95 bits per heavy atom. The van der Waals surface area contributed by atoms with E-state index in [2.05, 4.69) is 0 Å². The molecule has 1 saturated carbocycles. The van der Waals surface area contributed by atoms with E-state index in [-0.39, 0.29) is 17.6 Å². The van der Waals surface area contributed by atoms with Gasteiger partial charge >= 0.3 is 5.97 Å². The first kappa shape index (κ1) is 14.1. The van der Waals surface area contributed by atoms with Crippen molar-refractivity contribution in [3.8, 4) is 0 Å². The first-order valence-corrected chi connectivity index (χ1v) is 7.64. The van der Waals surface area contributed by atoms with Crippen LogP contribution in [0, 0.1) is 17.8 Å². The van der Waals surface area contributed by atoms with Crippen LogP contribution in [-0.2, 0) is 16.0 Å². The van der Waals surface area contributed by atoms with Gasteiger partial charge in [-0.05, 0) is 54.7 Å². The van der Waals surface area contributed by atoms with E-state index in [0.717, 1.165) is 32.1 Å². The first-order chi connectivity index (χ1) is 10.1. The maximum atomic E-state index is 11.9. The molecule has 1 aromatic rings. The second-order valence-corrected chi connectivity index (χ2v) is 6.21. The summed E-state index contributed by atoms with van der Waals surface area (Å²) in [5, 5.41) is 9.33. The molecule has 0 spiro atoms. The fraction of sp³-hybridized carbons (Fsp3) is 0.529. The summed E-state index contributed by atoms with van der Waals surface area (Å²) in [6, 6.07) is 1.97. The van der Waals surface area contributed by atoms with E-state index in [9.17, 15) is 14.7 Å². The van der Waals surface area contributed by atoms with Gasteiger partial charge in [-0.3, -0.25) is 4.79 Å². The number of rotatable bonds is 4. The third-order valence-corrected chi connectivity index (χ3v) is 5.00. The Bertz CT molecular complexity index is 555. The van der Waals surface area contributed by atoms with E-state index in [1.54, 1.807) is 12.5 Å². The lowest BCUT2D eigenvalue weighted by molar-refractivity contribution is -0.135. The molecule has 0 aromatic carbocycles. The molecule has 3 rings (SSSR count). The number of allylic oxidation sites excluding steroid dienone is 1. The molecule has 0 bridgehead atoms. The fourth-order valence-electron chi connectivity index (χ4n) is 3.99. The van der Waals surface area contributed by atoms with Crippen molar-refractivity contribution in [3.05, 3.63) is 35.8 Å². The van der Waals surface area contributed by atoms with Crippen LogP contribution in [0.4, 0.5) is 0 Å². The Kier molecular flexibility index (Phi) is 3.95. The Labute approximate surface area is 123 Å². The molecule has 2 aliphatic carbocycles. The summed E-state index contributed by atoms with van der Waals surface area (Å²) in [6.45, 7) is 0. The van der Waals surface area contributed by atoms with Gasteiger partial charge < -0.3 is 9.52 Å². The molecule has 0 aliphatic heterocycles. The number of aliphatic carboxylic acids is 1. The average molecular weight is 288 g/mol. The van der Waals surface area contributed by atoms with Crippen LogP contribution in [0.15, 0.2) is 34.7 Å². The molecule has 21 heavy (non-hydrogen) atoms. The maximum Gasteiger partial charge on any atom is 0.331 e. The Morgan fingerprint density at radius 1 is 1.38 bits per heavy atom. The van der Waals surface area contributed by atoms with E-state index in [1.165, 1.54) is 11.6 Å². The van der Waals surface area contributed by atoms with Crippen LogP contribution in [0.3, 0.4) is 0 Å². The molecule has 1 N–H and O–H groups in total. The summed E-state index contributed by atoms with van der Waals surface area (Å²) in [5.74, 6) is -0.249. The molecule has 1 unspecified atom stereocenters. The summed E-state index contributed by atoms with van der Waals surface area (Å²) in [4.78, 5) is 23.2. The van der Waals surface area contributed by atoms with Crippen molar-refractivity contribution in [3.63, 3.8) is 0 Å². The van der Waals surface area contributed by atoms with E-state index in [4.69, 9.17) is 4.42 Å². The lowest BCUT2D eigenvalue weighted by Crippen LogP contribution is -2.36. The predicted molar refractivity (Wildman–Crippen MR) is 76.7 cm³/mol. The van der Waals surface area contributed by atoms with Gasteiger partial charge in [-0.15, -0.1) is 0 Å². The van der Waals surface area contributed by atoms with Crippen LogP contribution < -0.4 is 0 Å². The Morgan fingerprint density at radius 2 is 2.24 bits per heavy atom. The minimum Gasteiger partial charge on any atom is -0.478 e. The van der Waals surface area contributed by atoms with Crippen molar-refractivity contribution >= 4 is 11.8 Å². The number of furan rings is 1. The Balaban J connectivity index is 1.73. The highest BCUT2D eigenvalue weighted by atomic mass is 16.4. The number of hydrogen-bond donors (Lipinski definition) is 1. The zero-order valence-electron chi connectivity index (χ0n) is 12.0. The molecule has 4 heteroatoms. The van der Waals surface area contributed by atoms with E-state index in [0.29, 0.717) is 17.9 Å². The van der Waals surface area contributed by atoms with Gasteiger partial charge in [-0.2, -0.15) is 0 Å². The van der Waals surface area contributed by atoms with Crippen molar-refractivity contribution in [2.24, 2.45) is 17.8 Å². The molecule has 112 valence electrons. The third kappa shape index (κ3) is 2.94. The Hall–Kier alpha value is -1.84. The van der Waals surface area contributed by atoms with Gasteiger partial charge in [-0.25, -0.2) is 4.79 Å².